The maximum absolute atomic E-state index is 5.44. The Bertz CT molecular complexity index is 828. The number of anilines is 1. The van der Waals surface area contributed by atoms with Crippen molar-refractivity contribution in [2.45, 2.75) is 13.0 Å². The van der Waals surface area contributed by atoms with Crippen LogP contribution in [0, 0.1) is 0 Å². The molecule has 0 aliphatic carbocycles. The quantitative estimate of drug-likeness (QED) is 0.740. The van der Waals surface area contributed by atoms with Crippen molar-refractivity contribution >= 4 is 5.69 Å². The monoisotopic (exact) mass is 307 g/mol. The van der Waals surface area contributed by atoms with Gasteiger partial charge in [0.2, 0.25) is 11.7 Å². The van der Waals surface area contributed by atoms with Gasteiger partial charge in [0.25, 0.3) is 0 Å². The fourth-order valence-corrected chi connectivity index (χ4v) is 2.99. The fraction of sp³-hybridized carbons (Fsp3) is 0.222. The van der Waals surface area contributed by atoms with E-state index in [0.717, 1.165) is 24.3 Å². The lowest BCUT2D eigenvalue weighted by molar-refractivity contribution is 0.376. The van der Waals surface area contributed by atoms with E-state index in [-0.39, 0.29) is 0 Å². The Morgan fingerprint density at radius 2 is 1.96 bits per heavy atom. The molecule has 2 aromatic carbocycles. The summed E-state index contributed by atoms with van der Waals surface area (Å²) in [4.78, 5) is 6.80. The molecule has 23 heavy (non-hydrogen) atoms. The third kappa shape index (κ3) is 2.54. The van der Waals surface area contributed by atoms with E-state index in [1.165, 1.54) is 11.3 Å². The van der Waals surface area contributed by atoms with Crippen molar-refractivity contribution in [1.82, 2.24) is 10.1 Å². The molecule has 116 valence electrons. The van der Waals surface area contributed by atoms with Crippen LogP contribution in [0.2, 0.25) is 0 Å². The molecular weight excluding hydrogens is 290 g/mol. The van der Waals surface area contributed by atoms with E-state index in [0.29, 0.717) is 18.3 Å². The van der Waals surface area contributed by atoms with Gasteiger partial charge in [-0.15, -0.1) is 0 Å². The molecule has 1 aliphatic rings. The number of hydrogen-bond acceptors (Lipinski definition) is 5. The van der Waals surface area contributed by atoms with Crippen LogP contribution in [0.3, 0.4) is 0 Å². The van der Waals surface area contributed by atoms with Crippen molar-refractivity contribution < 1.29 is 9.26 Å². The average Bonchev–Trinajstić information content (AvgIpc) is 3.23. The van der Waals surface area contributed by atoms with Crippen LogP contribution in [-0.4, -0.2) is 23.8 Å². The minimum Gasteiger partial charge on any atom is -0.496 e. The Labute approximate surface area is 134 Å². The molecule has 1 aliphatic heterocycles. The van der Waals surface area contributed by atoms with Crippen molar-refractivity contribution in [3.63, 3.8) is 0 Å². The molecule has 0 fully saturated rings. The zero-order valence-electron chi connectivity index (χ0n) is 12.9. The van der Waals surface area contributed by atoms with Gasteiger partial charge >= 0.3 is 0 Å². The maximum Gasteiger partial charge on any atom is 0.246 e. The number of fused-ring (bicyclic) bond motifs is 1. The largest absolute Gasteiger partial charge is 0.496 e. The first-order valence-electron chi connectivity index (χ1n) is 7.64. The molecule has 2 heterocycles. The van der Waals surface area contributed by atoms with E-state index >= 15 is 0 Å². The van der Waals surface area contributed by atoms with Gasteiger partial charge in [-0.3, -0.25) is 0 Å². The first-order valence-corrected chi connectivity index (χ1v) is 7.64. The second-order valence-electron chi connectivity index (χ2n) is 5.51. The first-order chi connectivity index (χ1) is 11.3. The molecule has 0 atom stereocenters. The highest BCUT2D eigenvalue weighted by Crippen LogP contribution is 2.30. The Morgan fingerprint density at radius 1 is 1.13 bits per heavy atom. The Morgan fingerprint density at radius 3 is 2.87 bits per heavy atom. The topological polar surface area (TPSA) is 51.4 Å². The molecule has 0 radical (unpaired) electrons. The molecule has 0 saturated heterocycles. The minimum atomic E-state index is 0.560. The van der Waals surface area contributed by atoms with Crippen molar-refractivity contribution in [3.05, 3.63) is 60.0 Å². The number of methoxy groups -OCH3 is 1. The lowest BCUT2D eigenvalue weighted by Gasteiger charge is -2.16. The molecule has 0 saturated carbocycles. The van der Waals surface area contributed by atoms with Gasteiger partial charge in [-0.25, -0.2) is 0 Å². The van der Waals surface area contributed by atoms with Crippen LogP contribution < -0.4 is 9.64 Å². The molecule has 3 aromatic rings. The van der Waals surface area contributed by atoms with Crippen LogP contribution in [0.25, 0.3) is 11.4 Å². The Balaban J connectivity index is 1.58. The normalized spacial score (nSPS) is 13.2. The molecule has 0 spiro atoms. The summed E-state index contributed by atoms with van der Waals surface area (Å²) < 4.78 is 10.8. The summed E-state index contributed by atoms with van der Waals surface area (Å²) in [6, 6.07) is 16.1. The Kier molecular flexibility index (Phi) is 3.46. The summed E-state index contributed by atoms with van der Waals surface area (Å²) in [6.45, 7) is 1.60. The van der Waals surface area contributed by atoms with E-state index in [1.54, 1.807) is 7.11 Å². The van der Waals surface area contributed by atoms with Gasteiger partial charge in [-0.05, 0) is 30.2 Å². The van der Waals surface area contributed by atoms with E-state index in [1.807, 2.05) is 24.3 Å². The van der Waals surface area contributed by atoms with Gasteiger partial charge in [-0.2, -0.15) is 4.98 Å². The second kappa shape index (κ2) is 5.76. The molecule has 5 nitrogen and oxygen atoms in total. The third-order valence-electron chi connectivity index (χ3n) is 4.13. The van der Waals surface area contributed by atoms with Gasteiger partial charge in [0.15, 0.2) is 0 Å². The van der Waals surface area contributed by atoms with Crippen LogP contribution in [0.15, 0.2) is 53.1 Å². The minimum absolute atomic E-state index is 0.560. The summed E-state index contributed by atoms with van der Waals surface area (Å²) in [6.07, 6.45) is 1.06. The summed E-state index contributed by atoms with van der Waals surface area (Å²) >= 11 is 0. The number of para-hydroxylation sites is 2. The zero-order valence-corrected chi connectivity index (χ0v) is 12.9. The highest BCUT2D eigenvalue weighted by Gasteiger charge is 2.21. The molecule has 1 aromatic heterocycles. The highest BCUT2D eigenvalue weighted by atomic mass is 16.5. The number of benzene rings is 2. The predicted octanol–water partition coefficient (Wildman–Crippen LogP) is 3.31. The zero-order chi connectivity index (χ0) is 15.6. The molecule has 4 rings (SSSR count). The number of aromatic nitrogens is 2. The fourth-order valence-electron chi connectivity index (χ4n) is 2.99. The molecule has 0 amide bonds. The SMILES string of the molecule is COc1ccccc1-c1noc(CN2CCc3ccccc32)n1. The number of nitrogens with zero attached hydrogens (tertiary/aromatic N) is 3. The van der Waals surface area contributed by atoms with Crippen LogP contribution in [0.5, 0.6) is 5.75 Å². The summed E-state index contributed by atoms with van der Waals surface area (Å²) in [5, 5.41) is 4.10. The predicted molar refractivity (Wildman–Crippen MR) is 87.5 cm³/mol. The third-order valence-corrected chi connectivity index (χ3v) is 4.13. The van der Waals surface area contributed by atoms with Gasteiger partial charge in [-0.1, -0.05) is 35.5 Å². The number of hydrogen-bond donors (Lipinski definition) is 0. The van der Waals surface area contributed by atoms with Gasteiger partial charge in [0.05, 0.1) is 19.2 Å². The van der Waals surface area contributed by atoms with Gasteiger partial charge in [0, 0.05) is 12.2 Å². The van der Waals surface area contributed by atoms with Crippen LogP contribution in [-0.2, 0) is 13.0 Å². The van der Waals surface area contributed by atoms with Crippen LogP contribution in [0.4, 0.5) is 5.69 Å². The summed E-state index contributed by atoms with van der Waals surface area (Å²) in [5.74, 6) is 1.92. The van der Waals surface area contributed by atoms with Crippen molar-refractivity contribution in [1.29, 1.82) is 0 Å². The number of ether oxygens (including phenoxy) is 1. The highest BCUT2D eigenvalue weighted by molar-refractivity contribution is 5.63. The molecule has 0 N–H and O–H groups in total. The van der Waals surface area contributed by atoms with Crippen molar-refractivity contribution in [2.75, 3.05) is 18.6 Å². The van der Waals surface area contributed by atoms with E-state index in [2.05, 4.69) is 39.3 Å². The Hall–Kier alpha value is -2.82. The van der Waals surface area contributed by atoms with Crippen molar-refractivity contribution in [3.8, 4) is 17.1 Å². The van der Waals surface area contributed by atoms with Gasteiger partial charge in [0.1, 0.15) is 5.75 Å². The second-order valence-corrected chi connectivity index (χ2v) is 5.51. The smallest absolute Gasteiger partial charge is 0.246 e. The molecule has 5 heteroatoms. The average molecular weight is 307 g/mol. The standard InChI is InChI=1S/C18H17N3O2/c1-22-16-9-5-3-7-14(16)18-19-17(23-20-18)12-21-11-10-13-6-2-4-8-15(13)21/h2-9H,10-12H2,1H3. The first kappa shape index (κ1) is 13.8. The summed E-state index contributed by atoms with van der Waals surface area (Å²) in [7, 11) is 1.64. The van der Waals surface area contributed by atoms with Crippen molar-refractivity contribution in [2.24, 2.45) is 0 Å². The van der Waals surface area contributed by atoms with Gasteiger partial charge < -0.3 is 14.2 Å². The van der Waals surface area contributed by atoms with Crippen LogP contribution in [0.1, 0.15) is 11.5 Å². The summed E-state index contributed by atoms with van der Waals surface area (Å²) in [5.41, 5.74) is 3.47. The molecule has 0 bridgehead atoms. The molecule has 0 unspecified atom stereocenters. The molecular formula is C18H17N3O2. The van der Waals surface area contributed by atoms with E-state index in [4.69, 9.17) is 9.26 Å². The maximum atomic E-state index is 5.44. The lowest BCUT2D eigenvalue weighted by Crippen LogP contribution is -2.19. The van der Waals surface area contributed by atoms with Crippen LogP contribution >= 0.6 is 0 Å². The number of rotatable bonds is 4. The lowest BCUT2D eigenvalue weighted by atomic mass is 10.2. The van der Waals surface area contributed by atoms with E-state index in [9.17, 15) is 0 Å². The van der Waals surface area contributed by atoms with E-state index < -0.39 is 0 Å².